The van der Waals surface area contributed by atoms with Crippen LogP contribution in [0, 0.1) is 0 Å². The van der Waals surface area contributed by atoms with Crippen LogP contribution in [-0.2, 0) is 14.3 Å². The van der Waals surface area contributed by atoms with Gasteiger partial charge in [0, 0.05) is 12.7 Å². The van der Waals surface area contributed by atoms with Gasteiger partial charge in [0.15, 0.2) is 0 Å². The smallest absolute Gasteiger partial charge is 0.325 e. The highest BCUT2D eigenvalue weighted by atomic mass is 16.5. The Bertz CT molecular complexity index is 445. The fourth-order valence-electron chi connectivity index (χ4n) is 1.50. The summed E-state index contributed by atoms with van der Waals surface area (Å²) in [5.41, 5.74) is 6.21. The van der Waals surface area contributed by atoms with Gasteiger partial charge < -0.3 is 20.1 Å². The molecule has 0 aromatic heterocycles. The number of likely N-dealkylation sites (N-methyl/N-ethyl adjacent to an activating group) is 1. The van der Waals surface area contributed by atoms with E-state index in [-0.39, 0.29) is 25.5 Å². The monoisotopic (exact) mass is 280 g/mol. The maximum Gasteiger partial charge on any atom is 0.325 e. The molecule has 1 aromatic rings. The van der Waals surface area contributed by atoms with Crippen LogP contribution < -0.4 is 10.5 Å². The highest BCUT2D eigenvalue weighted by molar-refractivity contribution is 5.81. The standard InChI is InChI=1S/C14H20N2O4/c1-3-19-14(18)10-16(2)13(17)8-9-20-12-6-4-11(15)5-7-12/h4-7H,3,8-10,15H2,1-2H3. The lowest BCUT2D eigenvalue weighted by atomic mass is 10.3. The van der Waals surface area contributed by atoms with E-state index in [9.17, 15) is 9.59 Å². The van der Waals surface area contributed by atoms with Crippen molar-refractivity contribution in [3.8, 4) is 5.75 Å². The first-order chi connectivity index (χ1) is 9.52. The molecule has 20 heavy (non-hydrogen) atoms. The molecule has 0 saturated carbocycles. The number of nitrogen functional groups attached to an aromatic ring is 1. The predicted octanol–water partition coefficient (Wildman–Crippen LogP) is 1.06. The number of amides is 1. The summed E-state index contributed by atoms with van der Waals surface area (Å²) in [7, 11) is 1.56. The quantitative estimate of drug-likeness (QED) is 0.596. The SMILES string of the molecule is CCOC(=O)CN(C)C(=O)CCOc1ccc(N)cc1. The predicted molar refractivity (Wildman–Crippen MR) is 75.2 cm³/mol. The van der Waals surface area contributed by atoms with Crippen LogP contribution in [-0.4, -0.2) is 43.6 Å². The highest BCUT2D eigenvalue weighted by Gasteiger charge is 2.13. The third-order valence-electron chi connectivity index (χ3n) is 2.56. The zero-order valence-corrected chi connectivity index (χ0v) is 11.8. The number of carbonyl (C=O) groups is 2. The number of nitrogens with two attached hydrogens (primary N) is 1. The molecule has 0 saturated heterocycles. The molecule has 0 aliphatic rings. The molecule has 0 radical (unpaired) electrons. The van der Waals surface area contributed by atoms with Crippen molar-refractivity contribution in [2.45, 2.75) is 13.3 Å². The number of benzene rings is 1. The first kappa shape index (κ1) is 15.8. The Morgan fingerprint density at radius 1 is 1.25 bits per heavy atom. The van der Waals surface area contributed by atoms with E-state index < -0.39 is 5.97 Å². The van der Waals surface area contributed by atoms with Gasteiger partial charge in [0.2, 0.25) is 5.91 Å². The lowest BCUT2D eigenvalue weighted by Gasteiger charge is -2.16. The van der Waals surface area contributed by atoms with Gasteiger partial charge in [-0.3, -0.25) is 9.59 Å². The van der Waals surface area contributed by atoms with Crippen molar-refractivity contribution < 1.29 is 19.1 Å². The summed E-state index contributed by atoms with van der Waals surface area (Å²) < 4.78 is 10.2. The topological polar surface area (TPSA) is 81.9 Å². The molecule has 0 heterocycles. The van der Waals surface area contributed by atoms with Crippen molar-refractivity contribution in [2.75, 3.05) is 32.5 Å². The summed E-state index contributed by atoms with van der Waals surface area (Å²) in [6.07, 6.45) is 0.195. The Morgan fingerprint density at radius 3 is 2.50 bits per heavy atom. The van der Waals surface area contributed by atoms with Gasteiger partial charge in [-0.2, -0.15) is 0 Å². The van der Waals surface area contributed by atoms with Gasteiger partial charge in [-0.1, -0.05) is 0 Å². The Labute approximate surface area is 118 Å². The molecule has 0 bridgehead atoms. The molecular formula is C14H20N2O4. The van der Waals surface area contributed by atoms with E-state index in [2.05, 4.69) is 0 Å². The molecule has 6 nitrogen and oxygen atoms in total. The van der Waals surface area contributed by atoms with Crippen molar-refractivity contribution in [1.29, 1.82) is 0 Å². The fraction of sp³-hybridized carbons (Fsp3) is 0.429. The summed E-state index contributed by atoms with van der Waals surface area (Å²) in [6.45, 7) is 2.23. The first-order valence-electron chi connectivity index (χ1n) is 6.41. The van der Waals surface area contributed by atoms with Crippen molar-refractivity contribution in [2.24, 2.45) is 0 Å². The maximum atomic E-state index is 11.7. The Kier molecular flexibility index (Phi) is 6.36. The number of rotatable bonds is 7. The molecule has 1 aromatic carbocycles. The zero-order valence-electron chi connectivity index (χ0n) is 11.8. The fourth-order valence-corrected chi connectivity index (χ4v) is 1.50. The minimum absolute atomic E-state index is 0.0471. The van der Waals surface area contributed by atoms with Gasteiger partial charge in [0.05, 0.1) is 19.6 Å². The van der Waals surface area contributed by atoms with Crippen LogP contribution in [0.3, 0.4) is 0 Å². The number of hydrogen-bond donors (Lipinski definition) is 1. The lowest BCUT2D eigenvalue weighted by Crippen LogP contribution is -2.33. The summed E-state index contributed by atoms with van der Waals surface area (Å²) in [4.78, 5) is 24.3. The minimum Gasteiger partial charge on any atom is -0.493 e. The normalized spacial score (nSPS) is 9.90. The van der Waals surface area contributed by atoms with E-state index in [4.69, 9.17) is 15.2 Å². The molecule has 0 atom stereocenters. The molecule has 0 aliphatic carbocycles. The summed E-state index contributed by atoms with van der Waals surface area (Å²) >= 11 is 0. The van der Waals surface area contributed by atoms with Gasteiger partial charge in [0.1, 0.15) is 12.3 Å². The van der Waals surface area contributed by atoms with E-state index in [1.54, 1.807) is 38.2 Å². The second-order valence-electron chi connectivity index (χ2n) is 4.22. The molecule has 0 spiro atoms. The summed E-state index contributed by atoms with van der Waals surface area (Å²) in [5, 5.41) is 0. The first-order valence-corrected chi connectivity index (χ1v) is 6.41. The van der Waals surface area contributed by atoms with E-state index >= 15 is 0 Å². The number of esters is 1. The van der Waals surface area contributed by atoms with Gasteiger partial charge >= 0.3 is 5.97 Å². The van der Waals surface area contributed by atoms with E-state index in [0.717, 1.165) is 0 Å². The van der Waals surface area contributed by atoms with Gasteiger partial charge in [0.25, 0.3) is 0 Å². The van der Waals surface area contributed by atoms with Gasteiger partial charge in [-0.15, -0.1) is 0 Å². The van der Waals surface area contributed by atoms with Crippen LogP contribution in [0.15, 0.2) is 24.3 Å². The molecule has 2 N–H and O–H groups in total. The largest absolute Gasteiger partial charge is 0.493 e. The number of nitrogens with zero attached hydrogens (tertiary/aromatic N) is 1. The molecule has 1 amide bonds. The Hall–Kier alpha value is -2.24. The van der Waals surface area contributed by atoms with Crippen molar-refractivity contribution in [3.05, 3.63) is 24.3 Å². The van der Waals surface area contributed by atoms with E-state index in [0.29, 0.717) is 18.0 Å². The van der Waals surface area contributed by atoms with Gasteiger partial charge in [-0.05, 0) is 31.2 Å². The van der Waals surface area contributed by atoms with E-state index in [1.807, 2.05) is 0 Å². The second-order valence-corrected chi connectivity index (χ2v) is 4.22. The summed E-state index contributed by atoms with van der Waals surface area (Å²) in [5.74, 6) is 0.0661. The number of hydrogen-bond acceptors (Lipinski definition) is 5. The number of ether oxygens (including phenoxy) is 2. The number of anilines is 1. The Morgan fingerprint density at radius 2 is 1.90 bits per heavy atom. The van der Waals surface area contributed by atoms with Crippen LogP contribution in [0.4, 0.5) is 5.69 Å². The zero-order chi connectivity index (χ0) is 15.0. The van der Waals surface area contributed by atoms with Gasteiger partial charge in [-0.25, -0.2) is 0 Å². The van der Waals surface area contributed by atoms with Crippen LogP contribution in [0.25, 0.3) is 0 Å². The second kappa shape index (κ2) is 8.04. The molecule has 110 valence electrons. The molecule has 6 heteroatoms. The van der Waals surface area contributed by atoms with Crippen LogP contribution in [0.2, 0.25) is 0 Å². The van der Waals surface area contributed by atoms with Crippen molar-refractivity contribution in [3.63, 3.8) is 0 Å². The third-order valence-corrected chi connectivity index (χ3v) is 2.56. The Balaban J connectivity index is 2.28. The van der Waals surface area contributed by atoms with Crippen molar-refractivity contribution in [1.82, 2.24) is 4.90 Å². The van der Waals surface area contributed by atoms with Crippen LogP contribution in [0.1, 0.15) is 13.3 Å². The average molecular weight is 280 g/mol. The maximum absolute atomic E-state index is 11.7. The molecule has 0 aliphatic heterocycles. The van der Waals surface area contributed by atoms with E-state index in [1.165, 1.54) is 4.90 Å². The average Bonchev–Trinajstić information content (AvgIpc) is 2.41. The van der Waals surface area contributed by atoms with Crippen LogP contribution >= 0.6 is 0 Å². The molecule has 0 fully saturated rings. The lowest BCUT2D eigenvalue weighted by molar-refractivity contribution is -0.148. The third kappa shape index (κ3) is 5.60. The minimum atomic E-state index is -0.414. The summed E-state index contributed by atoms with van der Waals surface area (Å²) in [6, 6.07) is 6.93. The number of carbonyl (C=O) groups excluding carboxylic acids is 2. The molecular weight excluding hydrogens is 260 g/mol. The molecule has 0 unspecified atom stereocenters. The molecule has 1 rings (SSSR count). The van der Waals surface area contributed by atoms with Crippen LogP contribution in [0.5, 0.6) is 5.75 Å². The van der Waals surface area contributed by atoms with Crippen molar-refractivity contribution >= 4 is 17.6 Å². The highest BCUT2D eigenvalue weighted by Crippen LogP contribution is 2.13.